The number of carbonyl (C=O) groups is 2. The normalized spacial score (nSPS) is 11.9. The standard InChI is InChI=1S/C19H23FN2O3/c1-5-22-12(2)10-17(13(22)3)19(24)25-14(4)18(23)21-11-15-6-8-16(20)9-7-15/h6-10,14H,5,11H2,1-4H3,(H,21,23)/t14-/m1/s1. The summed E-state index contributed by atoms with van der Waals surface area (Å²) in [6.07, 6.45) is -0.919. The molecule has 1 aromatic heterocycles. The van der Waals surface area contributed by atoms with Crippen LogP contribution in [0.5, 0.6) is 0 Å². The second-order valence-corrected chi connectivity index (χ2v) is 5.92. The van der Waals surface area contributed by atoms with Crippen LogP contribution in [0, 0.1) is 19.7 Å². The second-order valence-electron chi connectivity index (χ2n) is 5.92. The van der Waals surface area contributed by atoms with Crippen LogP contribution in [0.2, 0.25) is 0 Å². The van der Waals surface area contributed by atoms with Gasteiger partial charge >= 0.3 is 5.97 Å². The minimum absolute atomic E-state index is 0.241. The number of hydrogen-bond acceptors (Lipinski definition) is 3. The Morgan fingerprint density at radius 2 is 1.88 bits per heavy atom. The summed E-state index contributed by atoms with van der Waals surface area (Å²) >= 11 is 0. The molecular weight excluding hydrogens is 323 g/mol. The molecule has 5 nitrogen and oxygen atoms in total. The van der Waals surface area contributed by atoms with Crippen molar-refractivity contribution in [1.82, 2.24) is 9.88 Å². The molecule has 1 heterocycles. The van der Waals surface area contributed by atoms with Gasteiger partial charge in [0.25, 0.3) is 5.91 Å². The molecule has 0 saturated heterocycles. The Morgan fingerprint density at radius 1 is 1.24 bits per heavy atom. The number of benzene rings is 1. The van der Waals surface area contributed by atoms with E-state index >= 15 is 0 Å². The van der Waals surface area contributed by atoms with E-state index in [1.54, 1.807) is 18.2 Å². The fraction of sp³-hybridized carbons (Fsp3) is 0.368. The van der Waals surface area contributed by atoms with Gasteiger partial charge in [-0.25, -0.2) is 9.18 Å². The van der Waals surface area contributed by atoms with Gasteiger partial charge in [-0.1, -0.05) is 12.1 Å². The summed E-state index contributed by atoms with van der Waals surface area (Å²) in [6, 6.07) is 7.60. The van der Waals surface area contributed by atoms with Crippen molar-refractivity contribution < 1.29 is 18.7 Å². The lowest BCUT2D eigenvalue weighted by Gasteiger charge is -2.14. The van der Waals surface area contributed by atoms with Gasteiger partial charge in [-0.05, 0) is 51.5 Å². The number of amides is 1. The zero-order valence-electron chi connectivity index (χ0n) is 14.9. The Balaban J connectivity index is 1.94. The predicted octanol–water partition coefficient (Wildman–Crippen LogP) is 3.13. The summed E-state index contributed by atoms with van der Waals surface area (Å²) in [6.45, 7) is 8.31. The number of nitrogens with one attached hydrogen (secondary N) is 1. The van der Waals surface area contributed by atoms with Gasteiger partial charge in [-0.2, -0.15) is 0 Å². The third kappa shape index (κ3) is 4.47. The minimum Gasteiger partial charge on any atom is -0.449 e. The molecule has 0 aliphatic carbocycles. The van der Waals surface area contributed by atoms with E-state index < -0.39 is 18.0 Å². The van der Waals surface area contributed by atoms with Crippen molar-refractivity contribution in [2.24, 2.45) is 0 Å². The largest absolute Gasteiger partial charge is 0.449 e. The maximum atomic E-state index is 12.9. The molecule has 0 saturated carbocycles. The molecule has 1 atom stereocenters. The van der Waals surface area contributed by atoms with E-state index in [4.69, 9.17) is 4.74 Å². The average Bonchev–Trinajstić information content (AvgIpc) is 2.87. The van der Waals surface area contributed by atoms with Crippen LogP contribution in [0.3, 0.4) is 0 Å². The van der Waals surface area contributed by atoms with E-state index in [1.807, 2.05) is 25.3 Å². The van der Waals surface area contributed by atoms with Crippen LogP contribution in [-0.2, 0) is 22.6 Å². The number of ether oxygens (including phenoxy) is 1. The highest BCUT2D eigenvalue weighted by Gasteiger charge is 2.22. The topological polar surface area (TPSA) is 60.3 Å². The fourth-order valence-electron chi connectivity index (χ4n) is 2.71. The third-order valence-corrected chi connectivity index (χ3v) is 4.14. The lowest BCUT2D eigenvalue weighted by atomic mass is 10.2. The summed E-state index contributed by atoms with van der Waals surface area (Å²) in [5.41, 5.74) is 3.03. The molecule has 1 amide bonds. The SMILES string of the molecule is CCn1c(C)cc(C(=O)O[C@H](C)C(=O)NCc2ccc(F)cc2)c1C. The summed E-state index contributed by atoms with van der Waals surface area (Å²) in [4.78, 5) is 24.4. The van der Waals surface area contributed by atoms with Crippen molar-refractivity contribution in [3.05, 3.63) is 58.7 Å². The van der Waals surface area contributed by atoms with Crippen molar-refractivity contribution >= 4 is 11.9 Å². The number of rotatable bonds is 6. The maximum Gasteiger partial charge on any atom is 0.340 e. The number of aryl methyl sites for hydroxylation is 1. The number of halogens is 1. The van der Waals surface area contributed by atoms with Crippen LogP contribution in [0.4, 0.5) is 4.39 Å². The molecule has 0 aliphatic heterocycles. The van der Waals surface area contributed by atoms with Gasteiger partial charge < -0.3 is 14.6 Å². The Bertz CT molecular complexity index is 766. The molecule has 25 heavy (non-hydrogen) atoms. The highest BCUT2D eigenvalue weighted by atomic mass is 19.1. The number of aromatic nitrogens is 1. The molecule has 2 aromatic rings. The van der Waals surface area contributed by atoms with Gasteiger partial charge in [-0.15, -0.1) is 0 Å². The fourth-order valence-corrected chi connectivity index (χ4v) is 2.71. The van der Waals surface area contributed by atoms with Crippen LogP contribution >= 0.6 is 0 Å². The Labute approximate surface area is 146 Å². The molecule has 6 heteroatoms. The molecule has 1 N–H and O–H groups in total. The monoisotopic (exact) mass is 346 g/mol. The van der Waals surface area contributed by atoms with E-state index in [2.05, 4.69) is 5.32 Å². The molecule has 0 radical (unpaired) electrons. The van der Waals surface area contributed by atoms with Crippen LogP contribution < -0.4 is 5.32 Å². The van der Waals surface area contributed by atoms with Gasteiger partial charge in [0.05, 0.1) is 5.56 Å². The highest BCUT2D eigenvalue weighted by Crippen LogP contribution is 2.16. The predicted molar refractivity (Wildman–Crippen MR) is 92.7 cm³/mol. The Hall–Kier alpha value is -2.63. The van der Waals surface area contributed by atoms with Gasteiger partial charge in [0.15, 0.2) is 6.10 Å². The lowest BCUT2D eigenvalue weighted by Crippen LogP contribution is -2.35. The van der Waals surface area contributed by atoms with Crippen LogP contribution in [0.25, 0.3) is 0 Å². The van der Waals surface area contributed by atoms with Crippen molar-refractivity contribution in [3.8, 4) is 0 Å². The van der Waals surface area contributed by atoms with Gasteiger partial charge in [0, 0.05) is 24.5 Å². The van der Waals surface area contributed by atoms with Crippen molar-refractivity contribution in [1.29, 1.82) is 0 Å². The number of carbonyl (C=O) groups excluding carboxylic acids is 2. The molecule has 0 fully saturated rings. The smallest absolute Gasteiger partial charge is 0.340 e. The van der Waals surface area contributed by atoms with E-state index in [0.717, 1.165) is 23.5 Å². The number of esters is 1. The molecule has 0 unspecified atom stereocenters. The van der Waals surface area contributed by atoms with E-state index in [9.17, 15) is 14.0 Å². The van der Waals surface area contributed by atoms with Crippen LogP contribution in [0.15, 0.2) is 30.3 Å². The van der Waals surface area contributed by atoms with E-state index in [1.165, 1.54) is 19.1 Å². The average molecular weight is 346 g/mol. The summed E-state index contributed by atoms with van der Waals surface area (Å²) < 4.78 is 20.1. The van der Waals surface area contributed by atoms with Crippen molar-refractivity contribution in [3.63, 3.8) is 0 Å². The first kappa shape index (κ1) is 18.7. The first-order chi connectivity index (χ1) is 11.8. The quantitative estimate of drug-likeness (QED) is 0.818. The highest BCUT2D eigenvalue weighted by molar-refractivity contribution is 5.93. The second kappa shape index (κ2) is 7.96. The van der Waals surface area contributed by atoms with E-state index in [0.29, 0.717) is 5.56 Å². The zero-order chi connectivity index (χ0) is 18.6. The van der Waals surface area contributed by atoms with Gasteiger partial charge in [-0.3, -0.25) is 4.79 Å². The van der Waals surface area contributed by atoms with Crippen LogP contribution in [0.1, 0.15) is 41.2 Å². The van der Waals surface area contributed by atoms with Gasteiger partial charge in [0.1, 0.15) is 5.82 Å². The molecular formula is C19H23FN2O3. The maximum absolute atomic E-state index is 12.9. The molecule has 1 aromatic carbocycles. The first-order valence-corrected chi connectivity index (χ1v) is 8.23. The van der Waals surface area contributed by atoms with Gasteiger partial charge in [0.2, 0.25) is 0 Å². The minimum atomic E-state index is -0.919. The van der Waals surface area contributed by atoms with Crippen LogP contribution in [-0.4, -0.2) is 22.5 Å². The molecule has 134 valence electrons. The Morgan fingerprint density at radius 3 is 2.44 bits per heavy atom. The Kier molecular flexibility index (Phi) is 5.96. The first-order valence-electron chi connectivity index (χ1n) is 8.23. The van der Waals surface area contributed by atoms with E-state index in [-0.39, 0.29) is 12.4 Å². The summed E-state index contributed by atoms with van der Waals surface area (Å²) in [5, 5.41) is 2.67. The number of hydrogen-bond donors (Lipinski definition) is 1. The molecule has 2 rings (SSSR count). The molecule has 0 bridgehead atoms. The summed E-state index contributed by atoms with van der Waals surface area (Å²) in [5.74, 6) is -1.25. The molecule has 0 aliphatic rings. The zero-order valence-corrected chi connectivity index (χ0v) is 14.9. The lowest BCUT2D eigenvalue weighted by molar-refractivity contribution is -0.129. The molecule has 0 spiro atoms. The van der Waals surface area contributed by atoms with Crippen molar-refractivity contribution in [2.75, 3.05) is 0 Å². The number of nitrogens with zero attached hydrogens (tertiary/aromatic N) is 1. The van der Waals surface area contributed by atoms with Crippen molar-refractivity contribution in [2.45, 2.75) is 46.9 Å². The third-order valence-electron chi connectivity index (χ3n) is 4.14. The summed E-state index contributed by atoms with van der Waals surface area (Å²) in [7, 11) is 0.